The molecule has 6 nitrogen and oxygen atoms in total. The lowest BCUT2D eigenvalue weighted by molar-refractivity contribution is 0.0240. The lowest BCUT2D eigenvalue weighted by Gasteiger charge is -2.36. The fourth-order valence-electron chi connectivity index (χ4n) is 2.24. The maximum Gasteiger partial charge on any atom is 0.410 e. The number of hydrogen-bond acceptors (Lipinski definition) is 5. The predicted octanol–water partition coefficient (Wildman–Crippen LogP) is 2.15. The van der Waals surface area contributed by atoms with Crippen molar-refractivity contribution in [3.05, 3.63) is 18.5 Å². The highest BCUT2D eigenvalue weighted by atomic mass is 16.6. The molecule has 0 aliphatic carbocycles. The molecular formula is C15H23N3O3. The summed E-state index contributed by atoms with van der Waals surface area (Å²) in [5, 5.41) is 0. The van der Waals surface area contributed by atoms with Crippen molar-refractivity contribution in [3.63, 3.8) is 0 Å². The van der Waals surface area contributed by atoms with Gasteiger partial charge in [0.1, 0.15) is 11.4 Å². The number of hydrogen-bond donors (Lipinski definition) is 0. The molecule has 0 N–H and O–H groups in total. The van der Waals surface area contributed by atoms with Gasteiger partial charge in [-0.25, -0.2) is 4.79 Å². The summed E-state index contributed by atoms with van der Waals surface area (Å²) in [5.74, 6) is 0.802. The third-order valence-electron chi connectivity index (χ3n) is 3.25. The molecule has 6 heteroatoms. The van der Waals surface area contributed by atoms with E-state index in [0.29, 0.717) is 13.1 Å². The van der Waals surface area contributed by atoms with Crippen LogP contribution in [0, 0.1) is 0 Å². The summed E-state index contributed by atoms with van der Waals surface area (Å²) in [6.07, 6.45) is 3.25. The van der Waals surface area contributed by atoms with Crippen molar-refractivity contribution in [1.82, 2.24) is 9.88 Å². The number of methoxy groups -OCH3 is 1. The Balaban J connectivity index is 1.96. The number of amides is 1. The maximum absolute atomic E-state index is 12.0. The average molecular weight is 293 g/mol. The number of aromatic nitrogens is 1. The second-order valence-corrected chi connectivity index (χ2v) is 6.00. The van der Waals surface area contributed by atoms with Crippen LogP contribution in [-0.2, 0) is 4.74 Å². The number of pyridine rings is 1. The van der Waals surface area contributed by atoms with Crippen LogP contribution in [-0.4, -0.2) is 54.9 Å². The summed E-state index contributed by atoms with van der Waals surface area (Å²) in [6.45, 7) is 8.37. The van der Waals surface area contributed by atoms with Crippen LogP contribution in [0.3, 0.4) is 0 Å². The average Bonchev–Trinajstić information content (AvgIpc) is 2.45. The van der Waals surface area contributed by atoms with E-state index in [2.05, 4.69) is 9.88 Å². The molecule has 0 spiro atoms. The summed E-state index contributed by atoms with van der Waals surface area (Å²) in [6, 6.07) is 1.84. The summed E-state index contributed by atoms with van der Waals surface area (Å²) < 4.78 is 10.7. The van der Waals surface area contributed by atoms with Gasteiger partial charge in [-0.2, -0.15) is 0 Å². The van der Waals surface area contributed by atoms with Crippen LogP contribution in [0.1, 0.15) is 20.8 Å². The predicted molar refractivity (Wildman–Crippen MR) is 80.8 cm³/mol. The molecule has 0 unspecified atom stereocenters. The van der Waals surface area contributed by atoms with Crippen LogP contribution in [0.4, 0.5) is 10.5 Å². The van der Waals surface area contributed by atoms with Crippen molar-refractivity contribution in [2.75, 3.05) is 38.2 Å². The first-order valence-electron chi connectivity index (χ1n) is 7.11. The zero-order valence-electron chi connectivity index (χ0n) is 13.1. The van der Waals surface area contributed by atoms with Crippen LogP contribution >= 0.6 is 0 Å². The number of carbonyl (C=O) groups is 1. The Morgan fingerprint density at radius 1 is 1.24 bits per heavy atom. The van der Waals surface area contributed by atoms with Crippen molar-refractivity contribution in [2.24, 2.45) is 0 Å². The summed E-state index contributed by atoms with van der Waals surface area (Å²) in [5.41, 5.74) is 0.504. The van der Waals surface area contributed by atoms with Gasteiger partial charge in [-0.15, -0.1) is 0 Å². The van der Waals surface area contributed by atoms with Gasteiger partial charge in [-0.3, -0.25) is 4.98 Å². The topological polar surface area (TPSA) is 54.9 Å². The minimum atomic E-state index is -0.458. The highest BCUT2D eigenvalue weighted by molar-refractivity contribution is 5.69. The van der Waals surface area contributed by atoms with E-state index in [1.807, 2.05) is 26.8 Å². The Morgan fingerprint density at radius 2 is 1.90 bits per heavy atom. The fourth-order valence-corrected chi connectivity index (χ4v) is 2.24. The molecule has 1 fully saturated rings. The number of ether oxygens (including phenoxy) is 2. The fraction of sp³-hybridized carbons (Fsp3) is 0.600. The van der Waals surface area contributed by atoms with Crippen LogP contribution in [0.2, 0.25) is 0 Å². The Kier molecular flexibility index (Phi) is 4.55. The lowest BCUT2D eigenvalue weighted by Crippen LogP contribution is -2.50. The first-order valence-corrected chi connectivity index (χ1v) is 7.11. The Bertz CT molecular complexity index is 491. The van der Waals surface area contributed by atoms with E-state index in [4.69, 9.17) is 9.47 Å². The molecule has 21 heavy (non-hydrogen) atoms. The third-order valence-corrected chi connectivity index (χ3v) is 3.25. The van der Waals surface area contributed by atoms with Gasteiger partial charge < -0.3 is 19.3 Å². The van der Waals surface area contributed by atoms with Gasteiger partial charge in [0.25, 0.3) is 0 Å². The molecule has 0 radical (unpaired) electrons. The van der Waals surface area contributed by atoms with Crippen LogP contribution in [0.15, 0.2) is 18.5 Å². The third kappa shape index (κ3) is 4.00. The SMILES string of the molecule is COc1ccncc1N1CCN(C(=O)OC(C)(C)C)CC1. The van der Waals surface area contributed by atoms with Crippen LogP contribution in [0.25, 0.3) is 0 Å². The molecule has 1 aromatic rings. The number of carbonyl (C=O) groups excluding carboxylic acids is 1. The number of rotatable bonds is 2. The van der Waals surface area contributed by atoms with Crippen molar-refractivity contribution in [1.29, 1.82) is 0 Å². The zero-order valence-corrected chi connectivity index (χ0v) is 13.1. The minimum absolute atomic E-state index is 0.250. The second-order valence-electron chi connectivity index (χ2n) is 6.00. The van der Waals surface area contributed by atoms with E-state index in [0.717, 1.165) is 24.5 Å². The Labute approximate surface area is 125 Å². The van der Waals surface area contributed by atoms with Crippen molar-refractivity contribution >= 4 is 11.8 Å². The number of piperazine rings is 1. The van der Waals surface area contributed by atoms with Gasteiger partial charge in [0.05, 0.1) is 19.0 Å². The standard InChI is InChI=1S/C15H23N3O3/c1-15(2,3)21-14(19)18-9-7-17(8-10-18)12-11-16-6-5-13(12)20-4/h5-6,11H,7-10H2,1-4H3. The summed E-state index contributed by atoms with van der Waals surface area (Å²) in [4.78, 5) is 20.1. The molecule has 0 bridgehead atoms. The van der Waals surface area contributed by atoms with E-state index >= 15 is 0 Å². The molecule has 0 aromatic carbocycles. The molecule has 2 rings (SSSR count). The normalized spacial score (nSPS) is 15.8. The van der Waals surface area contributed by atoms with E-state index in [1.165, 1.54) is 0 Å². The Hall–Kier alpha value is -1.98. The van der Waals surface area contributed by atoms with Crippen molar-refractivity contribution in [3.8, 4) is 5.75 Å². The van der Waals surface area contributed by atoms with Crippen molar-refractivity contribution < 1.29 is 14.3 Å². The minimum Gasteiger partial charge on any atom is -0.494 e. The quantitative estimate of drug-likeness (QED) is 0.836. The molecule has 1 amide bonds. The van der Waals surface area contributed by atoms with E-state index in [1.54, 1.807) is 24.4 Å². The highest BCUT2D eigenvalue weighted by Gasteiger charge is 2.26. The molecule has 0 saturated carbocycles. The maximum atomic E-state index is 12.0. The van der Waals surface area contributed by atoms with E-state index in [-0.39, 0.29) is 6.09 Å². The van der Waals surface area contributed by atoms with E-state index in [9.17, 15) is 4.79 Å². The molecule has 1 aromatic heterocycles. The Morgan fingerprint density at radius 3 is 2.48 bits per heavy atom. The van der Waals surface area contributed by atoms with Crippen LogP contribution < -0.4 is 9.64 Å². The van der Waals surface area contributed by atoms with Gasteiger partial charge in [-0.05, 0) is 20.8 Å². The molecule has 1 aliphatic heterocycles. The summed E-state index contributed by atoms with van der Waals surface area (Å²) >= 11 is 0. The molecular weight excluding hydrogens is 270 g/mol. The molecule has 0 atom stereocenters. The van der Waals surface area contributed by atoms with Crippen LogP contribution in [0.5, 0.6) is 5.75 Å². The van der Waals surface area contributed by atoms with Gasteiger partial charge in [0.2, 0.25) is 0 Å². The lowest BCUT2D eigenvalue weighted by atomic mass is 10.2. The first-order chi connectivity index (χ1) is 9.90. The van der Waals surface area contributed by atoms with Crippen molar-refractivity contribution in [2.45, 2.75) is 26.4 Å². The second kappa shape index (κ2) is 6.20. The van der Waals surface area contributed by atoms with Gasteiger partial charge in [-0.1, -0.05) is 0 Å². The van der Waals surface area contributed by atoms with Gasteiger partial charge in [0.15, 0.2) is 0 Å². The number of nitrogens with zero attached hydrogens (tertiary/aromatic N) is 3. The molecule has 1 aliphatic rings. The summed E-state index contributed by atoms with van der Waals surface area (Å²) in [7, 11) is 1.65. The molecule has 2 heterocycles. The van der Waals surface area contributed by atoms with E-state index < -0.39 is 5.60 Å². The first kappa shape index (κ1) is 15.4. The zero-order chi connectivity index (χ0) is 15.5. The smallest absolute Gasteiger partial charge is 0.410 e. The highest BCUT2D eigenvalue weighted by Crippen LogP contribution is 2.27. The monoisotopic (exact) mass is 293 g/mol. The van der Waals surface area contributed by atoms with Gasteiger partial charge >= 0.3 is 6.09 Å². The largest absolute Gasteiger partial charge is 0.494 e. The number of anilines is 1. The van der Waals surface area contributed by atoms with Gasteiger partial charge in [0, 0.05) is 38.4 Å². The molecule has 116 valence electrons. The molecule has 1 saturated heterocycles.